The van der Waals surface area contributed by atoms with E-state index in [0.717, 1.165) is 16.7 Å². The molecular formula is C22H21ClO2. The minimum absolute atomic E-state index is 0.133. The Hall–Kier alpha value is -2.13. The molecule has 25 heavy (non-hydrogen) atoms. The van der Waals surface area contributed by atoms with E-state index in [4.69, 9.17) is 16.3 Å². The van der Waals surface area contributed by atoms with Gasteiger partial charge in [-0.05, 0) is 16.7 Å². The maximum atomic E-state index is 10.0. The summed E-state index contributed by atoms with van der Waals surface area (Å²) < 4.78 is 6.41. The van der Waals surface area contributed by atoms with Crippen molar-refractivity contribution in [1.82, 2.24) is 0 Å². The van der Waals surface area contributed by atoms with E-state index in [-0.39, 0.29) is 12.5 Å². The first-order valence-corrected chi connectivity index (χ1v) is 8.85. The summed E-state index contributed by atoms with van der Waals surface area (Å²) in [5.74, 6) is 0.133. The summed E-state index contributed by atoms with van der Waals surface area (Å²) in [6.45, 7) is 0.141. The number of ether oxygens (including phenoxy) is 1. The zero-order valence-electron chi connectivity index (χ0n) is 13.9. The minimum atomic E-state index is -0.809. The van der Waals surface area contributed by atoms with Gasteiger partial charge in [0.25, 0.3) is 0 Å². The Morgan fingerprint density at radius 3 is 1.40 bits per heavy atom. The molecule has 0 fully saturated rings. The standard InChI is InChI=1S/C22H21ClO2/c23-16-21(24)17-25-22(18-10-4-1-5-11-18,19-12-6-2-7-13-19)20-14-8-3-9-15-20/h1-15,21,24H,16-17H2/t21-/m0/s1. The number of rotatable bonds is 7. The molecule has 2 nitrogen and oxygen atoms in total. The molecule has 3 aromatic rings. The predicted molar refractivity (Wildman–Crippen MR) is 102 cm³/mol. The number of aliphatic hydroxyl groups excluding tert-OH is 1. The first kappa shape index (κ1) is 17.7. The molecule has 1 atom stereocenters. The van der Waals surface area contributed by atoms with Crippen LogP contribution in [-0.2, 0) is 10.3 Å². The summed E-state index contributed by atoms with van der Waals surface area (Å²) in [7, 11) is 0. The molecule has 0 bridgehead atoms. The number of hydrogen-bond acceptors (Lipinski definition) is 2. The van der Waals surface area contributed by atoms with Gasteiger partial charge in [-0.15, -0.1) is 11.6 Å². The fourth-order valence-corrected chi connectivity index (χ4v) is 3.12. The second-order valence-corrected chi connectivity index (χ2v) is 6.21. The average Bonchev–Trinajstić information content (AvgIpc) is 2.71. The zero-order valence-corrected chi connectivity index (χ0v) is 14.6. The summed E-state index contributed by atoms with van der Waals surface area (Å²) in [4.78, 5) is 0. The van der Waals surface area contributed by atoms with Gasteiger partial charge in [0.15, 0.2) is 0 Å². The van der Waals surface area contributed by atoms with E-state index >= 15 is 0 Å². The smallest absolute Gasteiger partial charge is 0.143 e. The van der Waals surface area contributed by atoms with Gasteiger partial charge < -0.3 is 9.84 Å². The molecule has 128 valence electrons. The van der Waals surface area contributed by atoms with Crippen LogP contribution in [0.15, 0.2) is 91.0 Å². The molecule has 0 aliphatic heterocycles. The first-order chi connectivity index (χ1) is 12.3. The highest BCUT2D eigenvalue weighted by Gasteiger charge is 2.37. The van der Waals surface area contributed by atoms with Crippen LogP contribution in [0.1, 0.15) is 16.7 Å². The van der Waals surface area contributed by atoms with E-state index in [1.54, 1.807) is 0 Å². The van der Waals surface area contributed by atoms with Gasteiger partial charge in [0.2, 0.25) is 0 Å². The fourth-order valence-electron chi connectivity index (χ4n) is 3.03. The van der Waals surface area contributed by atoms with Crippen LogP contribution in [0.3, 0.4) is 0 Å². The third-order valence-corrected chi connectivity index (χ3v) is 4.57. The zero-order chi connectivity index (χ0) is 17.5. The van der Waals surface area contributed by atoms with Crippen molar-refractivity contribution in [1.29, 1.82) is 0 Å². The molecule has 3 heteroatoms. The molecule has 0 spiro atoms. The summed E-state index contributed by atoms with van der Waals surface area (Å²) in [5, 5.41) is 10.0. The number of benzene rings is 3. The number of alkyl halides is 1. The van der Waals surface area contributed by atoms with Gasteiger partial charge in [0, 0.05) is 0 Å². The van der Waals surface area contributed by atoms with Crippen molar-refractivity contribution in [3.8, 4) is 0 Å². The van der Waals surface area contributed by atoms with Gasteiger partial charge >= 0.3 is 0 Å². The van der Waals surface area contributed by atoms with Gasteiger partial charge in [-0.25, -0.2) is 0 Å². The topological polar surface area (TPSA) is 29.5 Å². The van der Waals surface area contributed by atoms with E-state index in [0.29, 0.717) is 0 Å². The molecule has 0 saturated carbocycles. The van der Waals surface area contributed by atoms with Crippen LogP contribution in [-0.4, -0.2) is 23.7 Å². The summed E-state index contributed by atoms with van der Waals surface area (Å²) in [5.41, 5.74) is 2.22. The molecule has 0 radical (unpaired) electrons. The number of hydrogen-bond donors (Lipinski definition) is 1. The van der Waals surface area contributed by atoms with Gasteiger partial charge in [-0.3, -0.25) is 0 Å². The highest BCUT2D eigenvalue weighted by atomic mass is 35.5. The molecular weight excluding hydrogens is 332 g/mol. The maximum absolute atomic E-state index is 10.0. The van der Waals surface area contributed by atoms with Gasteiger partial charge in [-0.2, -0.15) is 0 Å². The molecule has 0 aliphatic carbocycles. The number of halogens is 1. The maximum Gasteiger partial charge on any atom is 0.143 e. The quantitative estimate of drug-likeness (QED) is 0.497. The lowest BCUT2D eigenvalue weighted by Gasteiger charge is -2.36. The third-order valence-electron chi connectivity index (χ3n) is 4.21. The lowest BCUT2D eigenvalue weighted by molar-refractivity contribution is -0.0315. The van der Waals surface area contributed by atoms with Crippen LogP contribution in [0.25, 0.3) is 0 Å². The summed E-state index contributed by atoms with van der Waals surface area (Å²) in [6.07, 6.45) is -0.725. The second kappa shape index (κ2) is 8.30. The Kier molecular flexibility index (Phi) is 5.87. The Labute approximate surface area is 153 Å². The normalized spacial score (nSPS) is 12.7. The average molecular weight is 353 g/mol. The van der Waals surface area contributed by atoms with E-state index < -0.39 is 11.7 Å². The molecule has 0 unspecified atom stereocenters. The second-order valence-electron chi connectivity index (χ2n) is 5.90. The van der Waals surface area contributed by atoms with Crippen molar-refractivity contribution >= 4 is 11.6 Å². The molecule has 0 aliphatic rings. The van der Waals surface area contributed by atoms with Crippen LogP contribution in [0.4, 0.5) is 0 Å². The summed E-state index contributed by atoms with van der Waals surface area (Å²) >= 11 is 5.79. The Morgan fingerprint density at radius 2 is 1.08 bits per heavy atom. The highest BCUT2D eigenvalue weighted by molar-refractivity contribution is 6.18. The molecule has 0 amide bonds. The lowest BCUT2D eigenvalue weighted by Crippen LogP contribution is -2.36. The monoisotopic (exact) mass is 352 g/mol. The van der Waals surface area contributed by atoms with Crippen LogP contribution in [0.5, 0.6) is 0 Å². The Balaban J connectivity index is 2.20. The number of aliphatic hydroxyl groups is 1. The van der Waals surface area contributed by atoms with Crippen LogP contribution in [0, 0.1) is 0 Å². The van der Waals surface area contributed by atoms with E-state index in [9.17, 15) is 5.11 Å². The predicted octanol–water partition coefficient (Wildman–Crippen LogP) is 4.59. The molecule has 0 saturated heterocycles. The van der Waals surface area contributed by atoms with Gasteiger partial charge in [0.05, 0.1) is 18.6 Å². The van der Waals surface area contributed by atoms with E-state index in [2.05, 4.69) is 0 Å². The Bertz CT molecular complexity index is 663. The Morgan fingerprint density at radius 1 is 0.720 bits per heavy atom. The molecule has 1 N–H and O–H groups in total. The van der Waals surface area contributed by atoms with Crippen LogP contribution in [0.2, 0.25) is 0 Å². The third kappa shape index (κ3) is 3.77. The molecule has 3 aromatic carbocycles. The molecule has 0 aromatic heterocycles. The van der Waals surface area contributed by atoms with Crippen LogP contribution >= 0.6 is 11.6 Å². The molecule has 3 rings (SSSR count). The fraction of sp³-hybridized carbons (Fsp3) is 0.182. The molecule has 0 heterocycles. The van der Waals surface area contributed by atoms with Crippen LogP contribution < -0.4 is 0 Å². The first-order valence-electron chi connectivity index (χ1n) is 8.32. The largest absolute Gasteiger partial charge is 0.389 e. The van der Waals surface area contributed by atoms with Crippen molar-refractivity contribution in [3.05, 3.63) is 108 Å². The van der Waals surface area contributed by atoms with Crippen molar-refractivity contribution in [3.63, 3.8) is 0 Å². The van der Waals surface area contributed by atoms with Gasteiger partial charge in [0.1, 0.15) is 5.60 Å². The van der Waals surface area contributed by atoms with Crippen molar-refractivity contribution < 1.29 is 9.84 Å². The van der Waals surface area contributed by atoms with Crippen molar-refractivity contribution in [2.45, 2.75) is 11.7 Å². The van der Waals surface area contributed by atoms with Gasteiger partial charge in [-0.1, -0.05) is 91.0 Å². The SMILES string of the molecule is O[C@@H](CCl)COC(c1ccccc1)(c1ccccc1)c1ccccc1. The summed E-state index contributed by atoms with van der Waals surface area (Å²) in [6, 6.07) is 30.2. The highest BCUT2D eigenvalue weighted by Crippen LogP contribution is 2.40. The van der Waals surface area contributed by atoms with E-state index in [1.165, 1.54) is 0 Å². The van der Waals surface area contributed by atoms with Crippen molar-refractivity contribution in [2.24, 2.45) is 0 Å². The minimum Gasteiger partial charge on any atom is -0.389 e. The van der Waals surface area contributed by atoms with Crippen molar-refractivity contribution in [2.75, 3.05) is 12.5 Å². The lowest BCUT2D eigenvalue weighted by atomic mass is 9.80. The van der Waals surface area contributed by atoms with E-state index in [1.807, 2.05) is 91.0 Å².